The fourth-order valence-corrected chi connectivity index (χ4v) is 1.73. The molecule has 0 rings (SSSR count). The molecule has 0 aromatic rings. The lowest BCUT2D eigenvalue weighted by molar-refractivity contribution is -0.121. The molecule has 0 aliphatic carbocycles. The van der Waals surface area contributed by atoms with Crippen molar-refractivity contribution in [3.8, 4) is 0 Å². The van der Waals surface area contributed by atoms with Crippen molar-refractivity contribution >= 4 is 5.91 Å². The van der Waals surface area contributed by atoms with Gasteiger partial charge in [-0.15, -0.1) is 6.58 Å². The third kappa shape index (κ3) is 10.1. The van der Waals surface area contributed by atoms with Crippen molar-refractivity contribution in [2.75, 3.05) is 26.2 Å². The van der Waals surface area contributed by atoms with Gasteiger partial charge in [-0.1, -0.05) is 26.3 Å². The van der Waals surface area contributed by atoms with Gasteiger partial charge >= 0.3 is 0 Å². The summed E-state index contributed by atoms with van der Waals surface area (Å²) in [6.45, 7) is 11.8. The highest BCUT2D eigenvalue weighted by atomic mass is 16.1. The topological polar surface area (TPSA) is 32.3 Å². The Morgan fingerprint density at radius 2 is 1.94 bits per heavy atom. The number of likely N-dealkylation sites (N-methyl/N-ethyl adjacent to an activating group) is 1. The van der Waals surface area contributed by atoms with Gasteiger partial charge in [0.05, 0.1) is 0 Å². The monoisotopic (exact) mass is 240 g/mol. The van der Waals surface area contributed by atoms with Gasteiger partial charge in [-0.05, 0) is 32.4 Å². The van der Waals surface area contributed by atoms with Crippen LogP contribution in [0.3, 0.4) is 0 Å². The van der Waals surface area contributed by atoms with Crippen LogP contribution in [-0.2, 0) is 4.79 Å². The Morgan fingerprint density at radius 1 is 1.24 bits per heavy atom. The number of nitrogens with zero attached hydrogens (tertiary/aromatic N) is 1. The van der Waals surface area contributed by atoms with E-state index < -0.39 is 0 Å². The number of carbonyl (C=O) groups is 1. The summed E-state index contributed by atoms with van der Waals surface area (Å²) in [7, 11) is 0. The maximum atomic E-state index is 11.5. The Kier molecular flexibility index (Phi) is 11.1. The molecule has 0 heterocycles. The second kappa shape index (κ2) is 11.6. The maximum Gasteiger partial charge on any atom is 0.220 e. The summed E-state index contributed by atoms with van der Waals surface area (Å²) < 4.78 is 0. The minimum absolute atomic E-state index is 0.191. The molecule has 0 spiro atoms. The summed E-state index contributed by atoms with van der Waals surface area (Å²) in [6, 6.07) is 0. The lowest BCUT2D eigenvalue weighted by Crippen LogP contribution is -2.34. The first-order valence-electron chi connectivity index (χ1n) is 6.84. The van der Waals surface area contributed by atoms with Crippen LogP contribution in [0.25, 0.3) is 0 Å². The quantitative estimate of drug-likeness (QED) is 0.445. The summed E-state index contributed by atoms with van der Waals surface area (Å²) in [5, 5.41) is 2.97. The summed E-state index contributed by atoms with van der Waals surface area (Å²) in [6.07, 6.45) is 6.92. The number of allylic oxidation sites excluding steroid dienone is 1. The van der Waals surface area contributed by atoms with Crippen molar-refractivity contribution < 1.29 is 4.79 Å². The third-order valence-corrected chi connectivity index (χ3v) is 2.96. The summed E-state index contributed by atoms with van der Waals surface area (Å²) in [4.78, 5) is 13.8. The average molecular weight is 240 g/mol. The number of hydrogen-bond acceptors (Lipinski definition) is 2. The Labute approximate surface area is 106 Å². The van der Waals surface area contributed by atoms with Crippen molar-refractivity contribution in [1.82, 2.24) is 10.2 Å². The van der Waals surface area contributed by atoms with Gasteiger partial charge < -0.3 is 10.2 Å². The number of hydrogen-bond donors (Lipinski definition) is 1. The van der Waals surface area contributed by atoms with Gasteiger partial charge in [-0.3, -0.25) is 4.79 Å². The molecule has 0 atom stereocenters. The summed E-state index contributed by atoms with van der Waals surface area (Å²) in [5.41, 5.74) is 0. The van der Waals surface area contributed by atoms with E-state index >= 15 is 0 Å². The Bertz CT molecular complexity index is 200. The van der Waals surface area contributed by atoms with Crippen LogP contribution < -0.4 is 5.32 Å². The van der Waals surface area contributed by atoms with E-state index in [0.29, 0.717) is 6.42 Å². The van der Waals surface area contributed by atoms with Crippen LogP contribution in [0.15, 0.2) is 12.7 Å². The summed E-state index contributed by atoms with van der Waals surface area (Å²) >= 11 is 0. The number of rotatable bonds is 11. The molecule has 0 aromatic heterocycles. The highest BCUT2D eigenvalue weighted by Crippen LogP contribution is 2.02. The van der Waals surface area contributed by atoms with Crippen LogP contribution in [0.1, 0.15) is 46.0 Å². The molecule has 0 aliphatic heterocycles. The van der Waals surface area contributed by atoms with Crippen molar-refractivity contribution in [3.05, 3.63) is 12.7 Å². The van der Waals surface area contributed by atoms with Gasteiger partial charge in [0.25, 0.3) is 0 Å². The molecule has 0 saturated carbocycles. The van der Waals surface area contributed by atoms with Crippen LogP contribution in [0, 0.1) is 0 Å². The van der Waals surface area contributed by atoms with Crippen molar-refractivity contribution in [3.63, 3.8) is 0 Å². The Balaban J connectivity index is 3.37. The van der Waals surface area contributed by atoms with Crippen molar-refractivity contribution in [1.29, 1.82) is 0 Å². The standard InChI is InChI=1S/C14H28N2O/c1-4-7-8-9-10-11-14(17)15-12-13-16(5-2)6-3/h4H,1,5-13H2,2-3H3,(H,15,17). The van der Waals surface area contributed by atoms with Gasteiger partial charge in [0.15, 0.2) is 0 Å². The minimum atomic E-state index is 0.191. The van der Waals surface area contributed by atoms with Crippen LogP contribution in [0.2, 0.25) is 0 Å². The van der Waals surface area contributed by atoms with Crippen molar-refractivity contribution in [2.45, 2.75) is 46.0 Å². The fraction of sp³-hybridized carbons (Fsp3) is 0.786. The van der Waals surface area contributed by atoms with Gasteiger partial charge in [0.2, 0.25) is 5.91 Å². The highest BCUT2D eigenvalue weighted by molar-refractivity contribution is 5.75. The molecule has 17 heavy (non-hydrogen) atoms. The maximum absolute atomic E-state index is 11.5. The van der Waals surface area contributed by atoms with E-state index in [0.717, 1.165) is 51.9 Å². The zero-order valence-electron chi connectivity index (χ0n) is 11.5. The molecule has 0 unspecified atom stereocenters. The van der Waals surface area contributed by atoms with E-state index in [9.17, 15) is 4.79 Å². The molecule has 0 aromatic carbocycles. The molecule has 0 saturated heterocycles. The molecule has 0 bridgehead atoms. The molecule has 0 aliphatic rings. The molecule has 0 radical (unpaired) electrons. The first kappa shape index (κ1) is 16.2. The normalized spacial score (nSPS) is 10.5. The van der Waals surface area contributed by atoms with Gasteiger partial charge in [-0.25, -0.2) is 0 Å². The summed E-state index contributed by atoms with van der Waals surface area (Å²) in [5.74, 6) is 0.191. The second-order valence-corrected chi connectivity index (χ2v) is 4.26. The molecular weight excluding hydrogens is 212 g/mol. The fourth-order valence-electron chi connectivity index (χ4n) is 1.73. The third-order valence-electron chi connectivity index (χ3n) is 2.96. The molecular formula is C14H28N2O. The van der Waals surface area contributed by atoms with E-state index in [-0.39, 0.29) is 5.91 Å². The van der Waals surface area contributed by atoms with E-state index in [1.165, 1.54) is 0 Å². The Hall–Kier alpha value is -0.830. The van der Waals surface area contributed by atoms with Gasteiger partial charge in [0, 0.05) is 19.5 Å². The first-order valence-corrected chi connectivity index (χ1v) is 6.84. The SMILES string of the molecule is C=CCCCCCC(=O)NCCN(CC)CC. The number of amides is 1. The molecule has 3 heteroatoms. The number of nitrogens with one attached hydrogen (secondary N) is 1. The molecule has 0 fully saturated rings. The zero-order chi connectivity index (χ0) is 12.9. The number of unbranched alkanes of at least 4 members (excludes halogenated alkanes) is 3. The first-order chi connectivity index (χ1) is 8.24. The predicted octanol–water partition coefficient (Wildman–Crippen LogP) is 2.58. The molecule has 3 nitrogen and oxygen atoms in total. The van der Waals surface area contributed by atoms with Crippen LogP contribution in [-0.4, -0.2) is 37.0 Å². The van der Waals surface area contributed by atoms with E-state index in [2.05, 4.69) is 30.6 Å². The molecule has 1 amide bonds. The highest BCUT2D eigenvalue weighted by Gasteiger charge is 2.02. The lowest BCUT2D eigenvalue weighted by atomic mass is 10.1. The smallest absolute Gasteiger partial charge is 0.220 e. The van der Waals surface area contributed by atoms with Gasteiger partial charge in [-0.2, -0.15) is 0 Å². The Morgan fingerprint density at radius 3 is 2.53 bits per heavy atom. The van der Waals surface area contributed by atoms with E-state index in [1.807, 2.05) is 6.08 Å². The largest absolute Gasteiger partial charge is 0.355 e. The van der Waals surface area contributed by atoms with E-state index in [4.69, 9.17) is 0 Å². The minimum Gasteiger partial charge on any atom is -0.355 e. The van der Waals surface area contributed by atoms with Crippen LogP contribution in [0.4, 0.5) is 0 Å². The molecule has 1 N–H and O–H groups in total. The molecule has 100 valence electrons. The van der Waals surface area contributed by atoms with E-state index in [1.54, 1.807) is 0 Å². The van der Waals surface area contributed by atoms with Crippen molar-refractivity contribution in [2.24, 2.45) is 0 Å². The van der Waals surface area contributed by atoms with Crippen LogP contribution >= 0.6 is 0 Å². The lowest BCUT2D eigenvalue weighted by Gasteiger charge is -2.17. The second-order valence-electron chi connectivity index (χ2n) is 4.26. The predicted molar refractivity (Wildman–Crippen MR) is 74.1 cm³/mol. The van der Waals surface area contributed by atoms with Gasteiger partial charge in [0.1, 0.15) is 0 Å². The number of carbonyl (C=O) groups excluding carboxylic acids is 1. The average Bonchev–Trinajstić information content (AvgIpc) is 2.34. The zero-order valence-corrected chi connectivity index (χ0v) is 11.5. The van der Waals surface area contributed by atoms with Crippen LogP contribution in [0.5, 0.6) is 0 Å².